The highest BCUT2D eigenvalue weighted by Gasteiger charge is 2.43. The minimum Gasteiger partial charge on any atom is -0.454 e. The predicted octanol–water partition coefficient (Wildman–Crippen LogP) is 7.58. The molecule has 2 rings (SSSR count). The van der Waals surface area contributed by atoms with Crippen LogP contribution < -0.4 is 0 Å². The molecule has 1 aliphatic carbocycles. The summed E-state index contributed by atoms with van der Waals surface area (Å²) >= 11 is 0. The smallest absolute Gasteiger partial charge is 0.336 e. The Morgan fingerprint density at radius 2 is 1.61 bits per heavy atom. The standard InChI is InChI=1S/C27H46O4Si2/c1-20(25(28)30-23-18-14-16-21-15-12-13-17-22(21)23)24(31-33(10,11)27(5,6)7)19-29-32(8,9)26(2,3)4/h12-13,15,17,23-24H,1,14,16,18-19H2,2-11H3/t23-,24+/m0/s1. The lowest BCUT2D eigenvalue weighted by Gasteiger charge is -2.41. The fourth-order valence-electron chi connectivity index (χ4n) is 3.41. The summed E-state index contributed by atoms with van der Waals surface area (Å²) in [4.78, 5) is 13.3. The van der Waals surface area contributed by atoms with Crippen molar-refractivity contribution in [1.82, 2.24) is 0 Å². The van der Waals surface area contributed by atoms with Gasteiger partial charge in [-0.1, -0.05) is 72.4 Å². The third kappa shape index (κ3) is 6.90. The van der Waals surface area contributed by atoms with E-state index in [-0.39, 0.29) is 22.1 Å². The highest BCUT2D eigenvalue weighted by atomic mass is 28.4. The molecule has 33 heavy (non-hydrogen) atoms. The van der Waals surface area contributed by atoms with Crippen molar-refractivity contribution >= 4 is 22.6 Å². The molecular formula is C27H46O4Si2. The Morgan fingerprint density at radius 1 is 1.03 bits per heavy atom. The fourth-order valence-corrected chi connectivity index (χ4v) is 5.68. The molecule has 6 heteroatoms. The molecule has 0 bridgehead atoms. The van der Waals surface area contributed by atoms with Crippen LogP contribution in [0.1, 0.15) is 71.6 Å². The summed E-state index contributed by atoms with van der Waals surface area (Å²) in [7, 11) is -4.18. The lowest BCUT2D eigenvalue weighted by atomic mass is 9.89. The van der Waals surface area contributed by atoms with Gasteiger partial charge in [-0.2, -0.15) is 0 Å². The van der Waals surface area contributed by atoms with Crippen LogP contribution in [-0.4, -0.2) is 35.3 Å². The molecule has 4 nitrogen and oxygen atoms in total. The number of ether oxygens (including phenoxy) is 1. The van der Waals surface area contributed by atoms with Crippen LogP contribution in [0, 0.1) is 0 Å². The molecule has 0 spiro atoms. The number of hydrogen-bond acceptors (Lipinski definition) is 4. The van der Waals surface area contributed by atoms with Crippen molar-refractivity contribution in [3.05, 3.63) is 47.5 Å². The van der Waals surface area contributed by atoms with Crippen molar-refractivity contribution in [2.24, 2.45) is 0 Å². The molecule has 1 aromatic rings. The second-order valence-electron chi connectivity index (χ2n) is 12.4. The van der Waals surface area contributed by atoms with Gasteiger partial charge in [0.15, 0.2) is 16.6 Å². The molecular weight excluding hydrogens is 444 g/mol. The predicted molar refractivity (Wildman–Crippen MR) is 143 cm³/mol. The number of carbonyl (C=O) groups excluding carboxylic acids is 1. The maximum Gasteiger partial charge on any atom is 0.336 e. The molecule has 0 saturated carbocycles. The van der Waals surface area contributed by atoms with Gasteiger partial charge in [-0.15, -0.1) is 0 Å². The number of carbonyl (C=O) groups is 1. The molecule has 0 unspecified atom stereocenters. The maximum atomic E-state index is 13.3. The van der Waals surface area contributed by atoms with Crippen molar-refractivity contribution in [3.63, 3.8) is 0 Å². The van der Waals surface area contributed by atoms with E-state index < -0.39 is 22.7 Å². The minimum atomic E-state index is -2.16. The maximum absolute atomic E-state index is 13.3. The van der Waals surface area contributed by atoms with Gasteiger partial charge in [-0.25, -0.2) is 4.79 Å². The van der Waals surface area contributed by atoms with Gasteiger partial charge in [0.05, 0.1) is 18.3 Å². The van der Waals surface area contributed by atoms with Gasteiger partial charge >= 0.3 is 5.97 Å². The molecule has 1 aromatic carbocycles. The molecule has 0 heterocycles. The first kappa shape index (κ1) is 28.0. The van der Waals surface area contributed by atoms with Crippen molar-refractivity contribution in [2.45, 2.75) is 109 Å². The van der Waals surface area contributed by atoms with Crippen LogP contribution in [0.2, 0.25) is 36.3 Å². The van der Waals surface area contributed by atoms with E-state index in [4.69, 9.17) is 13.6 Å². The molecule has 0 radical (unpaired) electrons. The molecule has 0 aromatic heterocycles. The zero-order chi connectivity index (χ0) is 25.2. The van der Waals surface area contributed by atoms with Crippen molar-refractivity contribution < 1.29 is 18.4 Å². The van der Waals surface area contributed by atoms with Gasteiger partial charge in [0.2, 0.25) is 0 Å². The zero-order valence-electron chi connectivity index (χ0n) is 22.6. The van der Waals surface area contributed by atoms with Crippen LogP contribution in [0.5, 0.6) is 0 Å². The summed E-state index contributed by atoms with van der Waals surface area (Å²) in [5.74, 6) is -0.376. The number of aryl methyl sites for hydroxylation is 1. The molecule has 0 N–H and O–H groups in total. The van der Waals surface area contributed by atoms with Crippen LogP contribution in [0.3, 0.4) is 0 Å². The average Bonchev–Trinajstić information content (AvgIpc) is 2.69. The number of benzene rings is 1. The van der Waals surface area contributed by atoms with Crippen LogP contribution >= 0.6 is 0 Å². The van der Waals surface area contributed by atoms with Gasteiger partial charge < -0.3 is 13.6 Å². The second-order valence-corrected chi connectivity index (χ2v) is 22.0. The number of hydrogen-bond donors (Lipinski definition) is 0. The first-order chi connectivity index (χ1) is 15.0. The third-order valence-corrected chi connectivity index (χ3v) is 16.8. The number of esters is 1. The molecule has 0 amide bonds. The van der Waals surface area contributed by atoms with E-state index in [1.54, 1.807) is 0 Å². The Bertz CT molecular complexity index is 846. The second kappa shape index (κ2) is 10.2. The monoisotopic (exact) mass is 490 g/mol. The van der Waals surface area contributed by atoms with Crippen molar-refractivity contribution in [1.29, 1.82) is 0 Å². The fraction of sp³-hybridized carbons (Fsp3) is 0.667. The Morgan fingerprint density at radius 3 is 2.18 bits per heavy atom. The van der Waals surface area contributed by atoms with Crippen LogP contribution in [-0.2, 0) is 24.8 Å². The largest absolute Gasteiger partial charge is 0.454 e. The molecule has 1 aliphatic rings. The van der Waals surface area contributed by atoms with Gasteiger partial charge in [-0.3, -0.25) is 0 Å². The van der Waals surface area contributed by atoms with Gasteiger partial charge in [-0.05, 0) is 66.7 Å². The van der Waals surface area contributed by atoms with E-state index in [0.717, 1.165) is 24.8 Å². The van der Waals surface area contributed by atoms with Crippen molar-refractivity contribution in [2.75, 3.05) is 6.61 Å². The first-order valence-electron chi connectivity index (χ1n) is 12.3. The zero-order valence-corrected chi connectivity index (χ0v) is 24.6. The Kier molecular flexibility index (Phi) is 8.65. The molecule has 0 fully saturated rings. The Hall–Kier alpha value is -1.22. The normalized spacial score (nSPS) is 18.4. The van der Waals surface area contributed by atoms with Gasteiger partial charge in [0.25, 0.3) is 0 Å². The number of rotatable bonds is 8. The Labute approximate surface area is 204 Å². The summed E-state index contributed by atoms with van der Waals surface area (Å²) in [5.41, 5.74) is 2.74. The summed E-state index contributed by atoms with van der Waals surface area (Å²) in [5, 5.41) is 0.0802. The third-order valence-electron chi connectivity index (χ3n) is 7.86. The lowest BCUT2D eigenvalue weighted by molar-refractivity contribution is -0.146. The van der Waals surface area contributed by atoms with E-state index in [9.17, 15) is 4.79 Å². The summed E-state index contributed by atoms with van der Waals surface area (Å²) < 4.78 is 19.2. The number of fused-ring (bicyclic) bond motifs is 1. The lowest BCUT2D eigenvalue weighted by Crippen LogP contribution is -2.49. The van der Waals surface area contributed by atoms with Crippen molar-refractivity contribution in [3.8, 4) is 0 Å². The highest BCUT2D eigenvalue weighted by Crippen LogP contribution is 2.40. The van der Waals surface area contributed by atoms with Gasteiger partial charge in [0, 0.05) is 0 Å². The van der Waals surface area contributed by atoms with E-state index in [1.807, 2.05) is 12.1 Å². The topological polar surface area (TPSA) is 44.8 Å². The van der Waals surface area contributed by atoms with Crippen LogP contribution in [0.15, 0.2) is 36.4 Å². The summed E-state index contributed by atoms with van der Waals surface area (Å²) in [6, 6.07) is 8.25. The first-order valence-corrected chi connectivity index (χ1v) is 18.1. The molecule has 2 atom stereocenters. The SMILES string of the molecule is C=C(C(=O)O[C@H]1CCCc2ccccc21)[C@@H](CO[Si](C)(C)C(C)(C)C)O[Si](C)(C)C(C)(C)C. The highest BCUT2D eigenvalue weighted by molar-refractivity contribution is 6.74. The van der Waals surface area contributed by atoms with Crippen LogP contribution in [0.25, 0.3) is 0 Å². The Balaban J connectivity index is 2.22. The van der Waals surface area contributed by atoms with E-state index in [2.05, 4.69) is 86.4 Å². The average molecular weight is 491 g/mol. The quantitative estimate of drug-likeness (QED) is 0.214. The van der Waals surface area contributed by atoms with Gasteiger partial charge in [0.1, 0.15) is 6.10 Å². The van der Waals surface area contributed by atoms with Crippen LogP contribution in [0.4, 0.5) is 0 Å². The van der Waals surface area contributed by atoms with E-state index in [0.29, 0.717) is 12.2 Å². The summed E-state index contributed by atoms with van der Waals surface area (Å²) in [6.07, 6.45) is 2.15. The summed E-state index contributed by atoms with van der Waals surface area (Å²) in [6.45, 7) is 26.6. The van der Waals surface area contributed by atoms with E-state index in [1.165, 1.54) is 5.56 Å². The molecule has 0 saturated heterocycles. The minimum absolute atomic E-state index is 0.00865. The molecule has 186 valence electrons. The molecule has 0 aliphatic heterocycles. The van der Waals surface area contributed by atoms with E-state index >= 15 is 0 Å².